The van der Waals surface area contributed by atoms with Gasteiger partial charge in [-0.15, -0.1) is 0 Å². The maximum Gasteiger partial charge on any atom is 0.179 e. The fourth-order valence-electron chi connectivity index (χ4n) is 2.99. The van der Waals surface area contributed by atoms with E-state index in [0.29, 0.717) is 0 Å². The van der Waals surface area contributed by atoms with Gasteiger partial charge in [0.25, 0.3) is 0 Å². The molecule has 1 N–H and O–H groups in total. The zero-order valence-electron chi connectivity index (χ0n) is 11.9. The summed E-state index contributed by atoms with van der Waals surface area (Å²) in [5.74, 6) is 0.0276. The van der Waals surface area contributed by atoms with Crippen molar-refractivity contribution >= 4 is 5.78 Å². The van der Waals surface area contributed by atoms with Crippen LogP contribution in [0.25, 0.3) is 0 Å². The molecule has 0 atom stereocenters. The van der Waals surface area contributed by atoms with E-state index in [1.807, 2.05) is 6.08 Å². The minimum atomic E-state index is -0.387. The molecule has 0 unspecified atom stereocenters. The van der Waals surface area contributed by atoms with E-state index in [-0.39, 0.29) is 11.3 Å². The van der Waals surface area contributed by atoms with E-state index in [4.69, 9.17) is 0 Å². The number of carbonyl (C=O) groups is 1. The Balaban J connectivity index is 2.33. The van der Waals surface area contributed by atoms with Crippen molar-refractivity contribution in [2.45, 2.75) is 57.9 Å². The van der Waals surface area contributed by atoms with Crippen LogP contribution in [0.4, 0.5) is 0 Å². The Morgan fingerprint density at radius 3 is 2.37 bits per heavy atom. The number of nitrogens with zero attached hydrogens (tertiary/aromatic N) is 1. The molecule has 1 aliphatic carbocycles. The van der Waals surface area contributed by atoms with Crippen LogP contribution in [0.5, 0.6) is 0 Å². The molecule has 0 spiro atoms. The molecular weight excluding hydrogens is 238 g/mol. The lowest BCUT2D eigenvalue weighted by atomic mass is 9.78. The highest BCUT2D eigenvalue weighted by molar-refractivity contribution is 6.03. The second-order valence-electron chi connectivity index (χ2n) is 5.46. The Morgan fingerprint density at radius 2 is 1.79 bits per heavy atom. The van der Waals surface area contributed by atoms with E-state index < -0.39 is 0 Å². The molecule has 0 amide bonds. The first-order chi connectivity index (χ1) is 9.14. The summed E-state index contributed by atoms with van der Waals surface area (Å²) >= 11 is 0. The number of carbonyl (C=O) groups excluding carboxylic acids is 1. The SMILES string of the molecule is CCCCC1(CCCC)C2=CC(=O)C=CC2=CN1O. The van der Waals surface area contributed by atoms with Gasteiger partial charge in [-0.25, -0.2) is 0 Å². The minimum absolute atomic E-state index is 0.0276. The van der Waals surface area contributed by atoms with Crippen molar-refractivity contribution in [3.63, 3.8) is 0 Å². The maximum absolute atomic E-state index is 11.7. The molecule has 0 bridgehead atoms. The quantitative estimate of drug-likeness (QED) is 0.791. The number of unbranched alkanes of at least 4 members (excludes halogenated alkanes) is 2. The van der Waals surface area contributed by atoms with Crippen LogP contribution in [0.15, 0.2) is 35.6 Å². The zero-order chi connectivity index (χ0) is 13.9. The lowest BCUT2D eigenvalue weighted by molar-refractivity contribution is -0.116. The highest BCUT2D eigenvalue weighted by Crippen LogP contribution is 2.44. The molecule has 0 radical (unpaired) electrons. The van der Waals surface area contributed by atoms with Gasteiger partial charge in [0, 0.05) is 6.20 Å². The van der Waals surface area contributed by atoms with Gasteiger partial charge in [-0.2, -0.15) is 0 Å². The average molecular weight is 261 g/mol. The van der Waals surface area contributed by atoms with E-state index in [2.05, 4.69) is 13.8 Å². The molecule has 0 aromatic rings. The van der Waals surface area contributed by atoms with E-state index >= 15 is 0 Å². The lowest BCUT2D eigenvalue weighted by Crippen LogP contribution is -2.42. The summed E-state index contributed by atoms with van der Waals surface area (Å²) in [6.45, 7) is 4.30. The van der Waals surface area contributed by atoms with Crippen LogP contribution in [0.2, 0.25) is 0 Å². The van der Waals surface area contributed by atoms with Crippen molar-refractivity contribution in [1.82, 2.24) is 5.06 Å². The number of rotatable bonds is 6. The molecule has 0 aromatic carbocycles. The highest BCUT2D eigenvalue weighted by Gasteiger charge is 2.44. The standard InChI is InChI=1S/C16H23NO2/c1-3-5-9-16(10-6-4-2)15-11-14(18)8-7-13(15)12-17(16)19/h7-8,11-12,19H,3-6,9-10H2,1-2H3. The van der Waals surface area contributed by atoms with E-state index in [9.17, 15) is 10.0 Å². The predicted octanol–water partition coefficient (Wildman–Crippen LogP) is 3.76. The van der Waals surface area contributed by atoms with Crippen molar-refractivity contribution < 1.29 is 10.0 Å². The Morgan fingerprint density at radius 1 is 1.16 bits per heavy atom. The van der Waals surface area contributed by atoms with Crippen molar-refractivity contribution in [2.75, 3.05) is 0 Å². The summed E-state index contributed by atoms with van der Waals surface area (Å²) in [5, 5.41) is 11.7. The van der Waals surface area contributed by atoms with Gasteiger partial charge in [0.05, 0.1) is 5.54 Å². The first-order valence-corrected chi connectivity index (χ1v) is 7.28. The minimum Gasteiger partial charge on any atom is -0.290 e. The van der Waals surface area contributed by atoms with Gasteiger partial charge < -0.3 is 0 Å². The van der Waals surface area contributed by atoms with Crippen molar-refractivity contribution in [2.24, 2.45) is 0 Å². The zero-order valence-corrected chi connectivity index (χ0v) is 11.9. The molecule has 0 aromatic heterocycles. The molecule has 0 fully saturated rings. The Hall–Kier alpha value is -1.35. The van der Waals surface area contributed by atoms with Gasteiger partial charge >= 0.3 is 0 Å². The van der Waals surface area contributed by atoms with Gasteiger partial charge in [0.1, 0.15) is 0 Å². The molecule has 19 heavy (non-hydrogen) atoms. The number of hydrogen-bond donors (Lipinski definition) is 1. The fraction of sp³-hybridized carbons (Fsp3) is 0.562. The van der Waals surface area contributed by atoms with Crippen LogP contribution in [0.3, 0.4) is 0 Å². The summed E-state index contributed by atoms with van der Waals surface area (Å²) in [5.41, 5.74) is 1.60. The van der Waals surface area contributed by atoms with E-state index in [0.717, 1.165) is 49.7 Å². The third-order valence-electron chi connectivity index (χ3n) is 4.11. The molecule has 104 valence electrons. The summed E-state index contributed by atoms with van der Waals surface area (Å²) in [7, 11) is 0. The van der Waals surface area contributed by atoms with Gasteiger partial charge in [-0.05, 0) is 42.2 Å². The molecule has 2 rings (SSSR count). The summed E-state index contributed by atoms with van der Waals surface area (Å²) < 4.78 is 0. The molecule has 3 heteroatoms. The summed E-state index contributed by atoms with van der Waals surface area (Å²) in [6.07, 6.45) is 12.9. The number of ketones is 1. The van der Waals surface area contributed by atoms with Gasteiger partial charge in [-0.3, -0.25) is 15.1 Å². The number of hydroxylamine groups is 2. The van der Waals surface area contributed by atoms with Crippen molar-refractivity contribution in [3.05, 3.63) is 35.6 Å². The van der Waals surface area contributed by atoms with Gasteiger partial charge in [0.2, 0.25) is 0 Å². The van der Waals surface area contributed by atoms with E-state index in [1.165, 1.54) is 5.06 Å². The number of hydrogen-bond acceptors (Lipinski definition) is 3. The Kier molecular flexibility index (Phi) is 4.25. The second-order valence-corrected chi connectivity index (χ2v) is 5.46. The van der Waals surface area contributed by atoms with Crippen LogP contribution in [0, 0.1) is 0 Å². The largest absolute Gasteiger partial charge is 0.290 e. The van der Waals surface area contributed by atoms with Gasteiger partial charge in [-0.1, -0.05) is 39.5 Å². The van der Waals surface area contributed by atoms with Crippen molar-refractivity contribution in [3.8, 4) is 0 Å². The second kappa shape index (κ2) is 5.74. The average Bonchev–Trinajstić information content (AvgIpc) is 2.67. The number of allylic oxidation sites excluding steroid dienone is 3. The molecular formula is C16H23NO2. The van der Waals surface area contributed by atoms with Crippen LogP contribution in [0.1, 0.15) is 52.4 Å². The Labute approximate surface area is 115 Å². The topological polar surface area (TPSA) is 40.5 Å². The monoisotopic (exact) mass is 261 g/mol. The third-order valence-corrected chi connectivity index (χ3v) is 4.11. The fourth-order valence-corrected chi connectivity index (χ4v) is 2.99. The van der Waals surface area contributed by atoms with Gasteiger partial charge in [0.15, 0.2) is 5.78 Å². The normalized spacial score (nSPS) is 20.4. The van der Waals surface area contributed by atoms with E-state index in [1.54, 1.807) is 18.4 Å². The van der Waals surface area contributed by atoms with Crippen LogP contribution in [-0.4, -0.2) is 21.6 Å². The molecule has 1 heterocycles. The van der Waals surface area contributed by atoms with Crippen LogP contribution >= 0.6 is 0 Å². The molecule has 0 saturated carbocycles. The highest BCUT2D eigenvalue weighted by atomic mass is 16.5. The first kappa shape index (κ1) is 14.1. The Bertz CT molecular complexity index is 438. The third kappa shape index (κ3) is 2.52. The lowest BCUT2D eigenvalue weighted by Gasteiger charge is -2.37. The van der Waals surface area contributed by atoms with Crippen LogP contribution in [-0.2, 0) is 4.79 Å². The molecule has 2 aliphatic rings. The smallest absolute Gasteiger partial charge is 0.179 e. The summed E-state index contributed by atoms with van der Waals surface area (Å²) in [6, 6.07) is 0. The number of fused-ring (bicyclic) bond motifs is 1. The van der Waals surface area contributed by atoms with Crippen molar-refractivity contribution in [1.29, 1.82) is 0 Å². The molecule has 1 aliphatic heterocycles. The molecule has 0 saturated heterocycles. The molecule has 3 nitrogen and oxygen atoms in total. The summed E-state index contributed by atoms with van der Waals surface area (Å²) in [4.78, 5) is 11.7. The maximum atomic E-state index is 11.7. The first-order valence-electron chi connectivity index (χ1n) is 7.28. The predicted molar refractivity (Wildman–Crippen MR) is 75.7 cm³/mol. The van der Waals surface area contributed by atoms with Crippen LogP contribution < -0.4 is 0 Å².